The number of aromatic nitrogens is 6. The summed E-state index contributed by atoms with van der Waals surface area (Å²) in [5.41, 5.74) is 2.63. The van der Waals surface area contributed by atoms with Crippen LogP contribution in [0.1, 0.15) is 52.3 Å². The molecule has 1 aliphatic carbocycles. The maximum absolute atomic E-state index is 13.3. The summed E-state index contributed by atoms with van der Waals surface area (Å²) in [5, 5.41) is 17.2. The van der Waals surface area contributed by atoms with Gasteiger partial charge in [-0.2, -0.15) is 5.10 Å². The zero-order valence-electron chi connectivity index (χ0n) is 20.3. The summed E-state index contributed by atoms with van der Waals surface area (Å²) < 4.78 is 3.96. The maximum Gasteiger partial charge on any atom is 0.238 e. The molecule has 1 saturated carbocycles. The molecule has 5 rings (SSSR count). The lowest BCUT2D eigenvalue weighted by Crippen LogP contribution is -2.24. The maximum atomic E-state index is 13.3. The Bertz CT molecular complexity index is 1320. The van der Waals surface area contributed by atoms with Crippen molar-refractivity contribution in [1.82, 2.24) is 29.5 Å². The van der Waals surface area contributed by atoms with Gasteiger partial charge < -0.3 is 5.32 Å². The molecule has 0 radical (unpaired) electrons. The number of para-hydroxylation sites is 1. The van der Waals surface area contributed by atoms with Crippen LogP contribution in [0.15, 0.2) is 66.1 Å². The standard InChI is InChI=1S/C26H29N7OS/c1-17(35-25-30-29-23(32(25)19-10-11-19)18-12-14-27-15-13-18)24(34)28-22-16-21(26(2,3)4)31-33(22)20-8-6-5-7-9-20/h5-9,12-17,19H,10-11H2,1-4H3,(H,28,34)/t17-/m0/s1. The van der Waals surface area contributed by atoms with Crippen LogP contribution in [-0.4, -0.2) is 40.7 Å². The number of benzene rings is 1. The molecule has 3 heterocycles. The second kappa shape index (κ2) is 9.30. The van der Waals surface area contributed by atoms with Crippen LogP contribution in [0.4, 0.5) is 5.82 Å². The summed E-state index contributed by atoms with van der Waals surface area (Å²) >= 11 is 1.43. The largest absolute Gasteiger partial charge is 0.310 e. The van der Waals surface area contributed by atoms with E-state index in [-0.39, 0.29) is 16.6 Å². The van der Waals surface area contributed by atoms with E-state index in [2.05, 4.69) is 45.8 Å². The Labute approximate surface area is 209 Å². The number of hydrogen-bond donors (Lipinski definition) is 1. The number of hydrogen-bond acceptors (Lipinski definition) is 6. The minimum absolute atomic E-state index is 0.108. The number of thioether (sulfide) groups is 1. The smallest absolute Gasteiger partial charge is 0.238 e. The first-order valence-corrected chi connectivity index (χ1v) is 12.7. The number of nitrogens with zero attached hydrogens (tertiary/aromatic N) is 6. The number of amides is 1. The zero-order chi connectivity index (χ0) is 24.6. The van der Waals surface area contributed by atoms with Crippen LogP contribution < -0.4 is 5.32 Å². The molecule has 4 aromatic rings. The van der Waals surface area contributed by atoms with E-state index in [1.165, 1.54) is 11.8 Å². The average molecular weight is 488 g/mol. The quantitative estimate of drug-likeness (QED) is 0.357. The van der Waals surface area contributed by atoms with E-state index in [1.807, 2.05) is 55.5 Å². The molecule has 0 spiro atoms. The molecule has 8 nitrogen and oxygen atoms in total. The molecule has 0 unspecified atom stereocenters. The summed E-state index contributed by atoms with van der Waals surface area (Å²) in [5.74, 6) is 1.37. The first-order chi connectivity index (χ1) is 16.8. The van der Waals surface area contributed by atoms with Crippen molar-refractivity contribution in [2.75, 3.05) is 5.32 Å². The predicted octanol–water partition coefficient (Wildman–Crippen LogP) is 5.28. The van der Waals surface area contributed by atoms with Gasteiger partial charge in [0, 0.05) is 35.5 Å². The van der Waals surface area contributed by atoms with Gasteiger partial charge in [0.05, 0.1) is 16.6 Å². The second-order valence-corrected chi connectivity index (χ2v) is 11.1. The molecule has 1 amide bonds. The molecule has 1 aromatic carbocycles. The Hall–Kier alpha value is -3.46. The highest BCUT2D eigenvalue weighted by Crippen LogP contribution is 2.41. The van der Waals surface area contributed by atoms with E-state index in [0.29, 0.717) is 11.9 Å². The lowest BCUT2D eigenvalue weighted by Gasteiger charge is -2.14. The van der Waals surface area contributed by atoms with Gasteiger partial charge in [0.15, 0.2) is 11.0 Å². The monoisotopic (exact) mass is 487 g/mol. The van der Waals surface area contributed by atoms with E-state index in [4.69, 9.17) is 5.10 Å². The molecule has 1 fully saturated rings. The number of pyridine rings is 1. The lowest BCUT2D eigenvalue weighted by atomic mass is 9.92. The van der Waals surface area contributed by atoms with Crippen LogP contribution in [0.5, 0.6) is 0 Å². The van der Waals surface area contributed by atoms with Gasteiger partial charge in [-0.3, -0.25) is 14.3 Å². The summed E-state index contributed by atoms with van der Waals surface area (Å²) in [6, 6.07) is 16.0. The Kier molecular flexibility index (Phi) is 6.19. The van der Waals surface area contributed by atoms with Crippen molar-refractivity contribution in [3.63, 3.8) is 0 Å². The van der Waals surface area contributed by atoms with E-state index in [0.717, 1.165) is 40.8 Å². The molecule has 180 valence electrons. The van der Waals surface area contributed by atoms with Gasteiger partial charge in [0.1, 0.15) is 5.82 Å². The first kappa shape index (κ1) is 23.3. The van der Waals surface area contributed by atoms with Crippen molar-refractivity contribution in [3.8, 4) is 17.1 Å². The van der Waals surface area contributed by atoms with E-state index in [9.17, 15) is 4.79 Å². The third-order valence-corrected chi connectivity index (χ3v) is 6.95. The van der Waals surface area contributed by atoms with Crippen molar-refractivity contribution in [3.05, 3.63) is 66.6 Å². The molecule has 35 heavy (non-hydrogen) atoms. The van der Waals surface area contributed by atoms with Crippen LogP contribution in [0.2, 0.25) is 0 Å². The average Bonchev–Trinajstić information content (AvgIpc) is 3.45. The molecular weight excluding hydrogens is 458 g/mol. The minimum atomic E-state index is -0.376. The Balaban J connectivity index is 1.38. The third kappa shape index (κ3) is 5.00. The Morgan fingerprint density at radius 1 is 1.09 bits per heavy atom. The Morgan fingerprint density at radius 2 is 1.80 bits per heavy atom. The fourth-order valence-electron chi connectivity index (χ4n) is 3.76. The van der Waals surface area contributed by atoms with E-state index >= 15 is 0 Å². The molecule has 0 bridgehead atoms. The molecule has 9 heteroatoms. The fraction of sp³-hybridized carbons (Fsp3) is 0.346. The summed E-state index contributed by atoms with van der Waals surface area (Å²) in [6.07, 6.45) is 5.70. The molecule has 0 saturated heterocycles. The van der Waals surface area contributed by atoms with Crippen LogP contribution in [0.25, 0.3) is 17.1 Å². The third-order valence-electron chi connectivity index (χ3n) is 5.90. The van der Waals surface area contributed by atoms with Crippen LogP contribution in [-0.2, 0) is 10.2 Å². The summed E-state index contributed by atoms with van der Waals surface area (Å²) in [6.45, 7) is 8.23. The predicted molar refractivity (Wildman–Crippen MR) is 138 cm³/mol. The van der Waals surface area contributed by atoms with Gasteiger partial charge in [-0.05, 0) is 44.0 Å². The Morgan fingerprint density at radius 3 is 2.46 bits per heavy atom. The van der Waals surface area contributed by atoms with Gasteiger partial charge in [-0.1, -0.05) is 50.7 Å². The zero-order valence-corrected chi connectivity index (χ0v) is 21.2. The highest BCUT2D eigenvalue weighted by Gasteiger charge is 2.32. The number of rotatable bonds is 7. The van der Waals surface area contributed by atoms with Gasteiger partial charge in [0.2, 0.25) is 5.91 Å². The SMILES string of the molecule is C[C@H](Sc1nnc(-c2ccncc2)n1C1CC1)C(=O)Nc1cc(C(C)(C)C)nn1-c1ccccc1. The van der Waals surface area contributed by atoms with Crippen LogP contribution >= 0.6 is 11.8 Å². The fourth-order valence-corrected chi connectivity index (χ4v) is 4.68. The molecular formula is C26H29N7OS. The highest BCUT2D eigenvalue weighted by atomic mass is 32.2. The van der Waals surface area contributed by atoms with Crippen LogP contribution in [0.3, 0.4) is 0 Å². The van der Waals surface area contributed by atoms with Gasteiger partial charge in [-0.25, -0.2) is 4.68 Å². The number of carbonyl (C=O) groups is 1. The van der Waals surface area contributed by atoms with Gasteiger partial charge >= 0.3 is 0 Å². The van der Waals surface area contributed by atoms with Crippen molar-refractivity contribution >= 4 is 23.5 Å². The van der Waals surface area contributed by atoms with E-state index in [1.54, 1.807) is 17.1 Å². The molecule has 1 atom stereocenters. The highest BCUT2D eigenvalue weighted by molar-refractivity contribution is 8.00. The molecule has 0 aliphatic heterocycles. The first-order valence-electron chi connectivity index (χ1n) is 11.8. The molecule has 1 N–H and O–H groups in total. The van der Waals surface area contributed by atoms with E-state index < -0.39 is 0 Å². The second-order valence-electron chi connectivity index (χ2n) is 9.80. The van der Waals surface area contributed by atoms with Gasteiger partial charge in [0.25, 0.3) is 0 Å². The number of anilines is 1. The van der Waals surface area contributed by atoms with Crippen LogP contribution in [0, 0.1) is 0 Å². The number of carbonyl (C=O) groups excluding carboxylic acids is 1. The minimum Gasteiger partial charge on any atom is -0.310 e. The van der Waals surface area contributed by atoms with Crippen molar-refractivity contribution in [2.45, 2.75) is 62.4 Å². The lowest BCUT2D eigenvalue weighted by molar-refractivity contribution is -0.115. The summed E-state index contributed by atoms with van der Waals surface area (Å²) in [4.78, 5) is 17.4. The topological polar surface area (TPSA) is 90.5 Å². The number of nitrogens with one attached hydrogen (secondary N) is 1. The van der Waals surface area contributed by atoms with Crippen molar-refractivity contribution in [1.29, 1.82) is 0 Å². The summed E-state index contributed by atoms with van der Waals surface area (Å²) in [7, 11) is 0. The van der Waals surface area contributed by atoms with Crippen molar-refractivity contribution < 1.29 is 4.79 Å². The normalized spacial score (nSPS) is 14.6. The molecule has 3 aromatic heterocycles. The van der Waals surface area contributed by atoms with Crippen molar-refractivity contribution in [2.24, 2.45) is 0 Å². The van der Waals surface area contributed by atoms with Gasteiger partial charge in [-0.15, -0.1) is 10.2 Å². The molecule has 1 aliphatic rings.